The summed E-state index contributed by atoms with van der Waals surface area (Å²) in [6.07, 6.45) is 2.54. The minimum atomic E-state index is -0.894. The molecule has 7 heteroatoms. The molecule has 0 spiro atoms. The zero-order chi connectivity index (χ0) is 17.7. The summed E-state index contributed by atoms with van der Waals surface area (Å²) in [5.41, 5.74) is 0.536. The maximum atomic E-state index is 12.7. The molecule has 1 amide bonds. The Balaban J connectivity index is 2.06. The standard InChI is InChI=1S/C17H20N2O3S2/c1-11-10-18-15(23-11)8-9-19(3)16(20)13-6-4-5-7-14(13)24-12(2)17(21)22/h4-7,10,12H,8-9H2,1-3H3,(H,21,22). The van der Waals surface area contributed by atoms with Crippen molar-refractivity contribution < 1.29 is 14.7 Å². The summed E-state index contributed by atoms with van der Waals surface area (Å²) in [7, 11) is 1.75. The van der Waals surface area contributed by atoms with E-state index in [1.807, 2.05) is 19.2 Å². The molecule has 1 atom stereocenters. The van der Waals surface area contributed by atoms with Crippen LogP contribution in [0.3, 0.4) is 0 Å². The van der Waals surface area contributed by atoms with Crippen molar-refractivity contribution >= 4 is 35.0 Å². The molecule has 0 bridgehead atoms. The van der Waals surface area contributed by atoms with E-state index >= 15 is 0 Å². The first-order valence-electron chi connectivity index (χ1n) is 7.53. The number of aromatic nitrogens is 1. The number of nitrogens with zero attached hydrogens (tertiary/aromatic N) is 2. The molecule has 24 heavy (non-hydrogen) atoms. The highest BCUT2D eigenvalue weighted by Gasteiger charge is 2.20. The molecule has 2 rings (SSSR count). The summed E-state index contributed by atoms with van der Waals surface area (Å²) < 4.78 is 0. The molecule has 0 saturated carbocycles. The van der Waals surface area contributed by atoms with Crippen LogP contribution in [-0.4, -0.2) is 45.7 Å². The topological polar surface area (TPSA) is 70.5 Å². The van der Waals surface area contributed by atoms with Crippen molar-refractivity contribution in [1.29, 1.82) is 0 Å². The van der Waals surface area contributed by atoms with Gasteiger partial charge in [0.1, 0.15) is 5.25 Å². The van der Waals surface area contributed by atoms with E-state index < -0.39 is 11.2 Å². The summed E-state index contributed by atoms with van der Waals surface area (Å²) in [5, 5.41) is 9.47. The van der Waals surface area contributed by atoms with Crippen molar-refractivity contribution in [2.24, 2.45) is 0 Å². The molecule has 128 valence electrons. The number of rotatable bonds is 7. The van der Waals surface area contributed by atoms with Crippen molar-refractivity contribution in [3.05, 3.63) is 45.9 Å². The second-order valence-electron chi connectivity index (χ2n) is 5.44. The molecule has 1 aromatic carbocycles. The fourth-order valence-electron chi connectivity index (χ4n) is 2.07. The second-order valence-corrected chi connectivity index (χ2v) is 8.14. The van der Waals surface area contributed by atoms with Gasteiger partial charge in [-0.05, 0) is 26.0 Å². The molecule has 0 saturated heterocycles. The molecule has 1 unspecified atom stereocenters. The Hall–Kier alpha value is -1.86. The predicted octanol–water partition coefficient (Wildman–Crippen LogP) is 3.33. The smallest absolute Gasteiger partial charge is 0.316 e. The van der Waals surface area contributed by atoms with Crippen molar-refractivity contribution in [2.75, 3.05) is 13.6 Å². The Morgan fingerprint density at radius 1 is 1.38 bits per heavy atom. The van der Waals surface area contributed by atoms with Crippen LogP contribution in [0.2, 0.25) is 0 Å². The van der Waals surface area contributed by atoms with Crippen molar-refractivity contribution in [2.45, 2.75) is 30.4 Å². The van der Waals surface area contributed by atoms with Crippen molar-refractivity contribution in [3.63, 3.8) is 0 Å². The highest BCUT2D eigenvalue weighted by Crippen LogP contribution is 2.27. The predicted molar refractivity (Wildman–Crippen MR) is 96.9 cm³/mol. The number of thioether (sulfide) groups is 1. The SMILES string of the molecule is Cc1cnc(CCN(C)C(=O)c2ccccc2SC(C)C(=O)O)s1. The van der Waals surface area contributed by atoms with Gasteiger partial charge in [-0.25, -0.2) is 4.98 Å². The number of carbonyl (C=O) groups excluding carboxylic acids is 1. The number of aliphatic carboxylic acids is 1. The molecule has 0 radical (unpaired) electrons. The van der Waals surface area contributed by atoms with E-state index in [0.717, 1.165) is 9.88 Å². The number of hydrogen-bond acceptors (Lipinski definition) is 5. The van der Waals surface area contributed by atoms with Gasteiger partial charge in [0.25, 0.3) is 5.91 Å². The first-order valence-corrected chi connectivity index (χ1v) is 9.23. The van der Waals surface area contributed by atoms with Crippen molar-refractivity contribution in [1.82, 2.24) is 9.88 Å². The van der Waals surface area contributed by atoms with Crippen LogP contribution in [0, 0.1) is 6.92 Å². The number of likely N-dealkylation sites (N-methyl/N-ethyl adjacent to an activating group) is 1. The third-order valence-electron chi connectivity index (χ3n) is 3.45. The number of aryl methyl sites for hydroxylation is 1. The lowest BCUT2D eigenvalue weighted by atomic mass is 10.2. The van der Waals surface area contributed by atoms with Crippen LogP contribution >= 0.6 is 23.1 Å². The molecular formula is C17H20N2O3S2. The van der Waals surface area contributed by atoms with E-state index in [9.17, 15) is 9.59 Å². The third kappa shape index (κ3) is 4.82. The molecule has 5 nitrogen and oxygen atoms in total. The molecule has 0 aliphatic heterocycles. The largest absolute Gasteiger partial charge is 0.480 e. The Morgan fingerprint density at radius 3 is 2.71 bits per heavy atom. The molecule has 0 aliphatic carbocycles. The fourth-order valence-corrected chi connectivity index (χ4v) is 3.77. The summed E-state index contributed by atoms with van der Waals surface area (Å²) in [6, 6.07) is 7.13. The lowest BCUT2D eigenvalue weighted by Gasteiger charge is -2.19. The van der Waals surface area contributed by atoms with Crippen LogP contribution in [-0.2, 0) is 11.2 Å². The molecule has 1 aromatic heterocycles. The zero-order valence-corrected chi connectivity index (χ0v) is 15.5. The molecule has 1 heterocycles. The van der Waals surface area contributed by atoms with Gasteiger partial charge in [0.05, 0.1) is 10.6 Å². The van der Waals surface area contributed by atoms with Gasteiger partial charge < -0.3 is 10.0 Å². The van der Waals surface area contributed by atoms with Gasteiger partial charge in [-0.1, -0.05) is 12.1 Å². The fraction of sp³-hybridized carbons (Fsp3) is 0.353. The van der Waals surface area contributed by atoms with Crippen LogP contribution in [0.5, 0.6) is 0 Å². The maximum Gasteiger partial charge on any atom is 0.316 e. The van der Waals surface area contributed by atoms with Gasteiger partial charge in [-0.15, -0.1) is 23.1 Å². The zero-order valence-electron chi connectivity index (χ0n) is 13.9. The first-order chi connectivity index (χ1) is 11.4. The number of carboxylic acid groups (broad SMARTS) is 1. The van der Waals surface area contributed by atoms with E-state index in [1.165, 1.54) is 11.8 Å². The maximum absolute atomic E-state index is 12.7. The minimum Gasteiger partial charge on any atom is -0.480 e. The second kappa shape index (κ2) is 8.30. The summed E-state index contributed by atoms with van der Waals surface area (Å²) in [4.78, 5) is 31.6. The number of thiazole rings is 1. The Morgan fingerprint density at radius 2 is 2.08 bits per heavy atom. The van der Waals surface area contributed by atoms with E-state index in [2.05, 4.69) is 4.98 Å². The van der Waals surface area contributed by atoms with Gasteiger partial charge >= 0.3 is 5.97 Å². The number of benzene rings is 1. The lowest BCUT2D eigenvalue weighted by molar-refractivity contribution is -0.136. The van der Waals surface area contributed by atoms with Gasteiger partial charge in [0, 0.05) is 36.0 Å². The third-order valence-corrected chi connectivity index (χ3v) is 5.58. The van der Waals surface area contributed by atoms with E-state index in [0.29, 0.717) is 23.4 Å². The molecule has 1 N–H and O–H groups in total. The first kappa shape index (κ1) is 18.5. The Bertz CT molecular complexity index is 730. The summed E-state index contributed by atoms with van der Waals surface area (Å²) in [5.74, 6) is -1.00. The number of hydrogen-bond donors (Lipinski definition) is 1. The van der Waals surface area contributed by atoms with E-state index in [4.69, 9.17) is 5.11 Å². The van der Waals surface area contributed by atoms with Gasteiger partial charge in [-0.2, -0.15) is 0 Å². The molecular weight excluding hydrogens is 344 g/mol. The summed E-state index contributed by atoms with van der Waals surface area (Å²) >= 11 is 2.82. The highest BCUT2D eigenvalue weighted by molar-refractivity contribution is 8.00. The molecule has 2 aromatic rings. The number of carboxylic acids is 1. The van der Waals surface area contributed by atoms with E-state index in [-0.39, 0.29) is 5.91 Å². The van der Waals surface area contributed by atoms with E-state index in [1.54, 1.807) is 48.4 Å². The quantitative estimate of drug-likeness (QED) is 0.763. The average Bonchev–Trinajstić information content (AvgIpc) is 2.97. The van der Waals surface area contributed by atoms with Crippen molar-refractivity contribution in [3.8, 4) is 0 Å². The highest BCUT2D eigenvalue weighted by atomic mass is 32.2. The Labute approximate surface area is 149 Å². The Kier molecular flexibility index (Phi) is 6.39. The molecule has 0 aliphatic rings. The average molecular weight is 364 g/mol. The van der Waals surface area contributed by atoms with Crippen LogP contribution in [0.25, 0.3) is 0 Å². The lowest BCUT2D eigenvalue weighted by Crippen LogP contribution is -2.29. The van der Waals surface area contributed by atoms with Gasteiger partial charge in [-0.3, -0.25) is 9.59 Å². The number of carbonyl (C=O) groups is 2. The normalized spacial score (nSPS) is 12.0. The van der Waals surface area contributed by atoms with Gasteiger partial charge in [0.2, 0.25) is 0 Å². The monoisotopic (exact) mass is 364 g/mol. The van der Waals surface area contributed by atoms with Crippen LogP contribution < -0.4 is 0 Å². The minimum absolute atomic E-state index is 0.107. The number of amides is 1. The molecule has 0 fully saturated rings. The summed E-state index contributed by atoms with van der Waals surface area (Å²) in [6.45, 7) is 4.19. The van der Waals surface area contributed by atoms with Crippen LogP contribution in [0.15, 0.2) is 35.4 Å². The van der Waals surface area contributed by atoms with Crippen LogP contribution in [0.4, 0.5) is 0 Å². The van der Waals surface area contributed by atoms with Crippen LogP contribution in [0.1, 0.15) is 27.2 Å². The van der Waals surface area contributed by atoms with Gasteiger partial charge in [0.15, 0.2) is 0 Å².